The van der Waals surface area contributed by atoms with Gasteiger partial charge in [-0.15, -0.1) is 0 Å². The number of aromatic nitrogens is 2. The lowest BCUT2D eigenvalue weighted by molar-refractivity contribution is 0.0620. The van der Waals surface area contributed by atoms with Crippen LogP contribution in [0.15, 0.2) is 12.5 Å². The van der Waals surface area contributed by atoms with Crippen LogP contribution in [-0.2, 0) is 11.3 Å². The van der Waals surface area contributed by atoms with Crippen molar-refractivity contribution < 1.29 is 9.53 Å². The quantitative estimate of drug-likeness (QED) is 0.825. The Morgan fingerprint density at radius 1 is 1.75 bits per heavy atom. The predicted molar refractivity (Wildman–Crippen MR) is 59.2 cm³/mol. The van der Waals surface area contributed by atoms with E-state index >= 15 is 0 Å². The van der Waals surface area contributed by atoms with Crippen molar-refractivity contribution in [2.45, 2.75) is 32.4 Å². The van der Waals surface area contributed by atoms with E-state index in [0.717, 1.165) is 26.0 Å². The molecule has 0 unspecified atom stereocenters. The first-order valence-electron chi connectivity index (χ1n) is 5.70. The number of rotatable bonds is 3. The molecule has 1 aromatic rings. The van der Waals surface area contributed by atoms with Crippen LogP contribution in [0.1, 0.15) is 30.3 Å². The van der Waals surface area contributed by atoms with Crippen LogP contribution in [0, 0.1) is 0 Å². The highest BCUT2D eigenvalue weighted by molar-refractivity contribution is 5.92. The van der Waals surface area contributed by atoms with E-state index in [9.17, 15) is 4.79 Å². The lowest BCUT2D eigenvalue weighted by Crippen LogP contribution is -2.41. The molecule has 16 heavy (non-hydrogen) atoms. The Kier molecular flexibility index (Phi) is 3.56. The zero-order valence-electron chi connectivity index (χ0n) is 9.48. The van der Waals surface area contributed by atoms with Crippen molar-refractivity contribution in [3.8, 4) is 0 Å². The first kappa shape index (κ1) is 11.1. The Hall–Kier alpha value is -1.36. The van der Waals surface area contributed by atoms with Gasteiger partial charge in [0.2, 0.25) is 0 Å². The third-order valence-corrected chi connectivity index (χ3v) is 2.78. The fourth-order valence-electron chi connectivity index (χ4n) is 1.88. The van der Waals surface area contributed by atoms with E-state index in [-0.39, 0.29) is 11.9 Å². The molecule has 88 valence electrons. The largest absolute Gasteiger partial charge is 0.379 e. The molecule has 5 heteroatoms. The van der Waals surface area contributed by atoms with Crippen molar-refractivity contribution in [3.63, 3.8) is 0 Å². The lowest BCUT2D eigenvalue weighted by Gasteiger charge is -2.23. The van der Waals surface area contributed by atoms with Gasteiger partial charge in [0, 0.05) is 13.2 Å². The molecular formula is C11H17N3O2. The van der Waals surface area contributed by atoms with Crippen molar-refractivity contribution in [2.24, 2.45) is 0 Å². The molecular weight excluding hydrogens is 206 g/mol. The summed E-state index contributed by atoms with van der Waals surface area (Å²) in [6, 6.07) is 0.140. The van der Waals surface area contributed by atoms with Gasteiger partial charge in [0.05, 0.1) is 25.2 Å². The summed E-state index contributed by atoms with van der Waals surface area (Å²) in [5, 5.41) is 2.97. The number of nitrogens with one attached hydrogen (secondary N) is 1. The van der Waals surface area contributed by atoms with Gasteiger partial charge in [0.25, 0.3) is 5.91 Å². The molecule has 0 saturated carbocycles. The molecule has 0 aromatic carbocycles. The smallest absolute Gasteiger partial charge is 0.269 e. The first-order chi connectivity index (χ1) is 7.81. The Morgan fingerprint density at radius 3 is 3.31 bits per heavy atom. The summed E-state index contributed by atoms with van der Waals surface area (Å²) < 4.78 is 7.15. The summed E-state index contributed by atoms with van der Waals surface area (Å²) in [6.45, 7) is 4.16. The normalized spacial score (nSPS) is 20.7. The van der Waals surface area contributed by atoms with Crippen LogP contribution in [0.25, 0.3) is 0 Å². The van der Waals surface area contributed by atoms with Crippen molar-refractivity contribution in [3.05, 3.63) is 18.2 Å². The maximum atomic E-state index is 11.9. The molecule has 1 atom stereocenters. The second-order valence-corrected chi connectivity index (χ2v) is 3.95. The van der Waals surface area contributed by atoms with E-state index < -0.39 is 0 Å². The van der Waals surface area contributed by atoms with Crippen molar-refractivity contribution in [1.82, 2.24) is 14.9 Å². The summed E-state index contributed by atoms with van der Waals surface area (Å²) in [4.78, 5) is 15.9. The van der Waals surface area contributed by atoms with Gasteiger partial charge >= 0.3 is 0 Å². The van der Waals surface area contributed by atoms with Crippen LogP contribution in [0.4, 0.5) is 0 Å². The summed E-state index contributed by atoms with van der Waals surface area (Å²) in [5.41, 5.74) is 0.619. The molecule has 2 rings (SSSR count). The fraction of sp³-hybridized carbons (Fsp3) is 0.636. The van der Waals surface area contributed by atoms with E-state index in [1.165, 1.54) is 0 Å². The van der Waals surface area contributed by atoms with Gasteiger partial charge in [-0.3, -0.25) is 4.79 Å². The second kappa shape index (κ2) is 5.12. The number of imidazole rings is 1. The fourth-order valence-corrected chi connectivity index (χ4v) is 1.88. The average Bonchev–Trinajstić information content (AvgIpc) is 2.78. The Bertz CT molecular complexity index is 356. The van der Waals surface area contributed by atoms with E-state index in [0.29, 0.717) is 12.3 Å². The number of aryl methyl sites for hydroxylation is 1. The number of hydrogen-bond acceptors (Lipinski definition) is 3. The number of ether oxygens (including phenoxy) is 1. The summed E-state index contributed by atoms with van der Waals surface area (Å²) in [6.07, 6.45) is 5.28. The molecule has 0 spiro atoms. The van der Waals surface area contributed by atoms with E-state index in [1.807, 2.05) is 11.5 Å². The summed E-state index contributed by atoms with van der Waals surface area (Å²) in [5.74, 6) is -0.0603. The zero-order valence-corrected chi connectivity index (χ0v) is 9.48. The summed E-state index contributed by atoms with van der Waals surface area (Å²) >= 11 is 0. The van der Waals surface area contributed by atoms with Gasteiger partial charge in [0.1, 0.15) is 5.69 Å². The van der Waals surface area contributed by atoms with Crippen LogP contribution in [0.3, 0.4) is 0 Å². The van der Waals surface area contributed by atoms with E-state index in [1.54, 1.807) is 12.5 Å². The number of carbonyl (C=O) groups is 1. The van der Waals surface area contributed by atoms with Crippen LogP contribution >= 0.6 is 0 Å². The topological polar surface area (TPSA) is 56.2 Å². The highest BCUT2D eigenvalue weighted by Gasteiger charge is 2.18. The van der Waals surface area contributed by atoms with Gasteiger partial charge in [-0.1, -0.05) is 0 Å². The van der Waals surface area contributed by atoms with Gasteiger partial charge < -0.3 is 14.6 Å². The van der Waals surface area contributed by atoms with E-state index in [2.05, 4.69) is 10.3 Å². The Labute approximate surface area is 94.8 Å². The Balaban J connectivity index is 1.96. The molecule has 1 aliphatic rings. The first-order valence-corrected chi connectivity index (χ1v) is 5.70. The monoisotopic (exact) mass is 223 g/mol. The van der Waals surface area contributed by atoms with Crippen LogP contribution in [0.2, 0.25) is 0 Å². The minimum absolute atomic E-state index is 0.0603. The zero-order chi connectivity index (χ0) is 11.4. The van der Waals surface area contributed by atoms with Crippen LogP contribution < -0.4 is 5.32 Å². The third kappa shape index (κ3) is 2.41. The molecule has 1 fully saturated rings. The SMILES string of the molecule is CCn1cncc1C(=O)N[C@H]1CCCOC1. The van der Waals surface area contributed by atoms with Crippen LogP contribution in [-0.4, -0.2) is 34.7 Å². The summed E-state index contributed by atoms with van der Waals surface area (Å²) in [7, 11) is 0. The number of amides is 1. The van der Waals surface area contributed by atoms with Gasteiger partial charge in [0.15, 0.2) is 0 Å². The molecule has 1 aliphatic heterocycles. The van der Waals surface area contributed by atoms with Crippen LogP contribution in [0.5, 0.6) is 0 Å². The minimum Gasteiger partial charge on any atom is -0.379 e. The molecule has 0 aliphatic carbocycles. The number of hydrogen-bond donors (Lipinski definition) is 1. The van der Waals surface area contributed by atoms with Gasteiger partial charge in [-0.2, -0.15) is 0 Å². The molecule has 1 amide bonds. The average molecular weight is 223 g/mol. The maximum Gasteiger partial charge on any atom is 0.269 e. The minimum atomic E-state index is -0.0603. The van der Waals surface area contributed by atoms with Gasteiger partial charge in [-0.25, -0.2) is 4.98 Å². The van der Waals surface area contributed by atoms with Crippen molar-refractivity contribution in [2.75, 3.05) is 13.2 Å². The molecule has 1 aromatic heterocycles. The maximum absolute atomic E-state index is 11.9. The number of nitrogens with zero attached hydrogens (tertiary/aromatic N) is 2. The molecule has 2 heterocycles. The highest BCUT2D eigenvalue weighted by Crippen LogP contribution is 2.07. The molecule has 1 N–H and O–H groups in total. The van der Waals surface area contributed by atoms with Crippen molar-refractivity contribution in [1.29, 1.82) is 0 Å². The standard InChI is InChI=1S/C11H17N3O2/c1-2-14-8-12-6-10(14)11(15)13-9-4-3-5-16-7-9/h6,8-9H,2-5,7H2,1H3,(H,13,15)/t9-/m0/s1. The molecule has 5 nitrogen and oxygen atoms in total. The number of carbonyl (C=O) groups excluding carboxylic acids is 1. The van der Waals surface area contributed by atoms with Crippen molar-refractivity contribution >= 4 is 5.91 Å². The predicted octanol–water partition coefficient (Wildman–Crippen LogP) is 0.812. The Morgan fingerprint density at radius 2 is 2.62 bits per heavy atom. The second-order valence-electron chi connectivity index (χ2n) is 3.95. The lowest BCUT2D eigenvalue weighted by atomic mass is 10.1. The third-order valence-electron chi connectivity index (χ3n) is 2.78. The van der Waals surface area contributed by atoms with Gasteiger partial charge in [-0.05, 0) is 19.8 Å². The van der Waals surface area contributed by atoms with E-state index in [4.69, 9.17) is 4.74 Å². The highest BCUT2D eigenvalue weighted by atomic mass is 16.5. The molecule has 1 saturated heterocycles. The molecule has 0 bridgehead atoms. The molecule has 0 radical (unpaired) electrons.